The SMILES string of the molecule is CCN(CC)CCCC(C)N=C1C=CN=c2c1ccc(Cl)c2=C(c1ccc(N(C)CC)cc1)c1ccc(N(C)CC)cc1. The minimum Gasteiger partial charge on any atom is -0.375 e. The lowest BCUT2D eigenvalue weighted by molar-refractivity contribution is 0.294. The summed E-state index contributed by atoms with van der Waals surface area (Å²) in [5.41, 5.74) is 7.65. The number of nitrogens with zero attached hydrogens (tertiary/aromatic N) is 5. The second kappa shape index (κ2) is 15.4. The zero-order valence-electron chi connectivity index (χ0n) is 27.1. The van der Waals surface area contributed by atoms with Gasteiger partial charge in [-0.05, 0) is 112 Å². The van der Waals surface area contributed by atoms with E-state index in [0.717, 1.165) is 84.1 Å². The summed E-state index contributed by atoms with van der Waals surface area (Å²) in [6.07, 6.45) is 6.09. The van der Waals surface area contributed by atoms with Gasteiger partial charge in [-0.25, -0.2) is 0 Å². The van der Waals surface area contributed by atoms with Gasteiger partial charge in [-0.15, -0.1) is 0 Å². The normalized spacial score (nSPS) is 14.0. The maximum Gasteiger partial charge on any atom is 0.0817 e. The Kier molecular flexibility index (Phi) is 11.6. The highest BCUT2D eigenvalue weighted by Crippen LogP contribution is 2.26. The minimum atomic E-state index is 0.218. The van der Waals surface area contributed by atoms with Crippen LogP contribution in [-0.2, 0) is 0 Å². The van der Waals surface area contributed by atoms with Crippen molar-refractivity contribution in [3.05, 3.63) is 105 Å². The number of anilines is 2. The first kappa shape index (κ1) is 32.5. The maximum absolute atomic E-state index is 7.08. The summed E-state index contributed by atoms with van der Waals surface area (Å²) >= 11 is 7.08. The van der Waals surface area contributed by atoms with Crippen molar-refractivity contribution >= 4 is 34.3 Å². The number of halogens is 1. The number of aliphatic imine (C=N–C) groups is 1. The summed E-state index contributed by atoms with van der Waals surface area (Å²) < 4.78 is 0. The topological polar surface area (TPSA) is 34.4 Å². The van der Waals surface area contributed by atoms with Gasteiger partial charge in [-0.1, -0.05) is 49.7 Å². The molecular formula is C37H48ClN5. The number of hydrogen-bond acceptors (Lipinski definition) is 5. The molecule has 0 saturated heterocycles. The molecule has 3 aromatic rings. The Labute approximate surface area is 263 Å². The van der Waals surface area contributed by atoms with Crippen LogP contribution in [-0.4, -0.2) is 63.5 Å². The first-order valence-electron chi connectivity index (χ1n) is 15.8. The van der Waals surface area contributed by atoms with E-state index in [0.29, 0.717) is 5.02 Å². The van der Waals surface area contributed by atoms with Crippen molar-refractivity contribution in [2.75, 3.05) is 56.6 Å². The van der Waals surface area contributed by atoms with Crippen molar-refractivity contribution in [2.24, 2.45) is 9.98 Å². The molecule has 0 spiro atoms. The largest absolute Gasteiger partial charge is 0.375 e. The van der Waals surface area contributed by atoms with Gasteiger partial charge in [0.25, 0.3) is 0 Å². The van der Waals surface area contributed by atoms with Crippen LogP contribution < -0.4 is 20.4 Å². The van der Waals surface area contributed by atoms with Crippen molar-refractivity contribution in [1.29, 1.82) is 0 Å². The molecule has 0 fully saturated rings. The Balaban J connectivity index is 1.86. The quantitative estimate of drug-likeness (QED) is 0.214. The molecule has 6 heteroatoms. The Bertz CT molecular complexity index is 1480. The fourth-order valence-electron chi connectivity index (χ4n) is 5.57. The molecule has 5 nitrogen and oxygen atoms in total. The Morgan fingerprint density at radius 2 is 1.35 bits per heavy atom. The molecule has 1 aliphatic rings. The van der Waals surface area contributed by atoms with Crippen LogP contribution in [0.1, 0.15) is 64.2 Å². The van der Waals surface area contributed by atoms with Gasteiger partial charge in [-0.2, -0.15) is 0 Å². The smallest absolute Gasteiger partial charge is 0.0817 e. The molecule has 1 heterocycles. The number of allylic oxidation sites excluding steroid dienone is 1. The van der Waals surface area contributed by atoms with Crippen LogP contribution in [0.5, 0.6) is 0 Å². The highest BCUT2D eigenvalue weighted by molar-refractivity contribution is 6.31. The summed E-state index contributed by atoms with van der Waals surface area (Å²) in [6, 6.07) is 21.8. The highest BCUT2D eigenvalue weighted by atomic mass is 35.5. The van der Waals surface area contributed by atoms with Crippen LogP contribution in [0.2, 0.25) is 5.02 Å². The molecular weight excluding hydrogens is 550 g/mol. The molecule has 228 valence electrons. The van der Waals surface area contributed by atoms with Gasteiger partial charge in [0.1, 0.15) is 0 Å². The van der Waals surface area contributed by atoms with Crippen molar-refractivity contribution < 1.29 is 0 Å². The maximum atomic E-state index is 7.08. The molecule has 0 aliphatic carbocycles. The van der Waals surface area contributed by atoms with Crippen molar-refractivity contribution in [3.63, 3.8) is 0 Å². The van der Waals surface area contributed by atoms with E-state index in [4.69, 9.17) is 21.6 Å². The van der Waals surface area contributed by atoms with Gasteiger partial charge >= 0.3 is 0 Å². The second-order valence-electron chi connectivity index (χ2n) is 11.3. The van der Waals surface area contributed by atoms with Crippen LogP contribution in [0.3, 0.4) is 0 Å². The molecule has 43 heavy (non-hydrogen) atoms. The summed E-state index contributed by atoms with van der Waals surface area (Å²) in [4.78, 5) is 17.0. The Morgan fingerprint density at radius 3 is 1.86 bits per heavy atom. The zero-order chi connectivity index (χ0) is 30.9. The van der Waals surface area contributed by atoms with Crippen LogP contribution in [0.25, 0.3) is 5.57 Å². The third-order valence-corrected chi connectivity index (χ3v) is 8.90. The third-order valence-electron chi connectivity index (χ3n) is 8.58. The van der Waals surface area contributed by atoms with Crippen LogP contribution in [0.4, 0.5) is 11.4 Å². The number of benzene rings is 3. The van der Waals surface area contributed by atoms with Crippen molar-refractivity contribution in [2.45, 2.75) is 53.5 Å². The molecule has 1 unspecified atom stereocenters. The lowest BCUT2D eigenvalue weighted by Crippen LogP contribution is -2.36. The summed E-state index contributed by atoms with van der Waals surface area (Å²) in [5.74, 6) is 0. The first-order valence-corrected chi connectivity index (χ1v) is 16.2. The molecule has 0 N–H and O–H groups in total. The first-order chi connectivity index (χ1) is 20.8. The van der Waals surface area contributed by atoms with Gasteiger partial charge < -0.3 is 14.7 Å². The van der Waals surface area contributed by atoms with Gasteiger partial charge in [0.2, 0.25) is 0 Å². The van der Waals surface area contributed by atoms with E-state index < -0.39 is 0 Å². The molecule has 0 radical (unpaired) electrons. The Morgan fingerprint density at radius 1 is 0.791 bits per heavy atom. The fraction of sp³-hybridized carbons (Fsp3) is 0.405. The molecule has 4 rings (SSSR count). The van der Waals surface area contributed by atoms with Crippen molar-refractivity contribution in [1.82, 2.24) is 4.90 Å². The monoisotopic (exact) mass is 597 g/mol. The second-order valence-corrected chi connectivity index (χ2v) is 11.7. The molecule has 1 atom stereocenters. The number of hydrogen-bond donors (Lipinski definition) is 0. The van der Waals surface area contributed by atoms with Crippen LogP contribution >= 0.6 is 11.6 Å². The summed E-state index contributed by atoms with van der Waals surface area (Å²) in [6.45, 7) is 16.2. The zero-order valence-corrected chi connectivity index (χ0v) is 27.8. The van der Waals surface area contributed by atoms with E-state index in [1.807, 2.05) is 18.3 Å². The van der Waals surface area contributed by atoms with E-state index in [9.17, 15) is 0 Å². The molecule has 3 aromatic carbocycles. The lowest BCUT2D eigenvalue weighted by Gasteiger charge is -2.20. The molecule has 0 aromatic heterocycles. The molecule has 1 aliphatic heterocycles. The third kappa shape index (κ3) is 7.76. The van der Waals surface area contributed by atoms with Crippen LogP contribution in [0, 0.1) is 0 Å². The predicted octanol–water partition coefficient (Wildman–Crippen LogP) is 6.95. The molecule has 0 amide bonds. The fourth-order valence-corrected chi connectivity index (χ4v) is 5.81. The van der Waals surface area contributed by atoms with Crippen LogP contribution in [0.15, 0.2) is 82.9 Å². The molecule has 0 saturated carbocycles. The van der Waals surface area contributed by atoms with E-state index in [1.54, 1.807) is 0 Å². The summed E-state index contributed by atoms with van der Waals surface area (Å²) in [7, 11) is 4.23. The van der Waals surface area contributed by atoms with Gasteiger partial charge in [0.05, 0.1) is 16.1 Å². The van der Waals surface area contributed by atoms with E-state index in [1.165, 1.54) is 11.4 Å². The number of fused-ring (bicyclic) bond motifs is 1. The minimum absolute atomic E-state index is 0.218. The number of rotatable bonds is 13. The highest BCUT2D eigenvalue weighted by Gasteiger charge is 2.17. The van der Waals surface area contributed by atoms with Gasteiger partial charge in [0.15, 0.2) is 0 Å². The average Bonchev–Trinajstić information content (AvgIpc) is 3.04. The van der Waals surface area contributed by atoms with Gasteiger partial charge in [-0.3, -0.25) is 9.98 Å². The summed E-state index contributed by atoms with van der Waals surface area (Å²) in [5, 5.41) is 2.51. The predicted molar refractivity (Wildman–Crippen MR) is 187 cm³/mol. The molecule has 0 bridgehead atoms. The Hall–Kier alpha value is -3.41. The standard InChI is InChI=1S/C37H48ClN5/c1-8-41(6)30-18-14-28(15-19-30)35(29-16-20-31(21-17-29)42(7)9-2)36-33(38)23-22-32-34(24-25-39-37(32)36)40-27(5)13-12-26-43(10-3)11-4/h14-25,27H,8-13,26H2,1-7H3. The van der Waals surface area contributed by atoms with E-state index in [2.05, 4.69) is 118 Å². The average molecular weight is 598 g/mol. The lowest BCUT2D eigenvalue weighted by atomic mass is 9.93. The van der Waals surface area contributed by atoms with E-state index >= 15 is 0 Å². The van der Waals surface area contributed by atoms with E-state index in [-0.39, 0.29) is 6.04 Å². The van der Waals surface area contributed by atoms with Crippen molar-refractivity contribution in [3.8, 4) is 0 Å². The van der Waals surface area contributed by atoms with Gasteiger partial charge in [0, 0.05) is 61.6 Å².